The number of amides is 2. The molecule has 1 unspecified atom stereocenters. The van der Waals surface area contributed by atoms with E-state index >= 15 is 0 Å². The van der Waals surface area contributed by atoms with E-state index in [1.54, 1.807) is 0 Å². The lowest BCUT2D eigenvalue weighted by Crippen LogP contribution is -2.59. The molecule has 1 saturated carbocycles. The Morgan fingerprint density at radius 1 is 1.32 bits per heavy atom. The van der Waals surface area contributed by atoms with Crippen LogP contribution < -0.4 is 10.2 Å². The van der Waals surface area contributed by atoms with Crippen LogP contribution in [0.15, 0.2) is 18.2 Å². The molecule has 1 atom stereocenters. The van der Waals surface area contributed by atoms with Gasteiger partial charge in [-0.25, -0.2) is 4.39 Å². The average Bonchev–Trinajstić information content (AvgIpc) is 3.19. The normalized spacial score (nSPS) is 23.5. The number of hydrogen-bond acceptors (Lipinski definition) is 2. The molecule has 1 aliphatic heterocycles. The van der Waals surface area contributed by atoms with Gasteiger partial charge in [-0.05, 0) is 37.0 Å². The van der Waals surface area contributed by atoms with E-state index in [1.807, 2.05) is 0 Å². The van der Waals surface area contributed by atoms with E-state index in [9.17, 15) is 14.0 Å². The van der Waals surface area contributed by atoms with Crippen LogP contribution in [0.2, 0.25) is 5.02 Å². The standard InChI is InChI=1S/C13H12ClFN2O2/c14-9-5-8(3-4-10(9)15)17-6-11(18)16-12(13(17)19)7-1-2-7/h3-5,7,12H,1-2,6H2,(H,16,18). The van der Waals surface area contributed by atoms with Crippen molar-refractivity contribution in [2.75, 3.05) is 11.4 Å². The summed E-state index contributed by atoms with van der Waals surface area (Å²) >= 11 is 5.71. The molecule has 3 rings (SSSR count). The average molecular weight is 283 g/mol. The van der Waals surface area contributed by atoms with Crippen molar-refractivity contribution >= 4 is 29.1 Å². The molecule has 1 aliphatic carbocycles. The highest BCUT2D eigenvalue weighted by Gasteiger charge is 2.43. The summed E-state index contributed by atoms with van der Waals surface area (Å²) in [5, 5.41) is 2.66. The molecule has 19 heavy (non-hydrogen) atoms. The van der Waals surface area contributed by atoms with Gasteiger partial charge in [-0.3, -0.25) is 9.59 Å². The number of carbonyl (C=O) groups is 2. The maximum atomic E-state index is 13.1. The molecule has 0 bridgehead atoms. The van der Waals surface area contributed by atoms with Crippen molar-refractivity contribution in [3.63, 3.8) is 0 Å². The largest absolute Gasteiger partial charge is 0.342 e. The second-order valence-corrected chi connectivity index (χ2v) is 5.31. The fraction of sp³-hybridized carbons (Fsp3) is 0.385. The predicted octanol–water partition coefficient (Wildman–Crippen LogP) is 1.72. The fourth-order valence-electron chi connectivity index (χ4n) is 2.29. The molecule has 0 aromatic heterocycles. The fourth-order valence-corrected chi connectivity index (χ4v) is 2.47. The smallest absolute Gasteiger partial charge is 0.250 e. The van der Waals surface area contributed by atoms with Gasteiger partial charge in [0.15, 0.2) is 0 Å². The van der Waals surface area contributed by atoms with Crippen molar-refractivity contribution in [3.05, 3.63) is 29.0 Å². The number of piperazine rings is 1. The Morgan fingerprint density at radius 2 is 2.05 bits per heavy atom. The molecule has 1 heterocycles. The molecule has 4 nitrogen and oxygen atoms in total. The number of halogens is 2. The second kappa shape index (κ2) is 4.49. The van der Waals surface area contributed by atoms with Gasteiger partial charge in [0.1, 0.15) is 18.4 Å². The van der Waals surface area contributed by atoms with E-state index < -0.39 is 11.9 Å². The second-order valence-electron chi connectivity index (χ2n) is 4.91. The topological polar surface area (TPSA) is 49.4 Å². The predicted molar refractivity (Wildman–Crippen MR) is 68.4 cm³/mol. The minimum atomic E-state index is -0.543. The van der Waals surface area contributed by atoms with E-state index in [2.05, 4.69) is 5.32 Å². The van der Waals surface area contributed by atoms with E-state index in [0.29, 0.717) is 5.69 Å². The maximum absolute atomic E-state index is 13.1. The van der Waals surface area contributed by atoms with Crippen LogP contribution in [0.4, 0.5) is 10.1 Å². The Labute approximate surface area is 114 Å². The summed E-state index contributed by atoms with van der Waals surface area (Å²) in [5.74, 6) is -0.657. The summed E-state index contributed by atoms with van der Waals surface area (Å²) in [6.45, 7) is -0.0516. The summed E-state index contributed by atoms with van der Waals surface area (Å²) < 4.78 is 13.1. The van der Waals surface area contributed by atoms with Crippen molar-refractivity contribution in [2.24, 2.45) is 5.92 Å². The van der Waals surface area contributed by atoms with Crippen LogP contribution in [0.1, 0.15) is 12.8 Å². The molecule has 6 heteroatoms. The van der Waals surface area contributed by atoms with Gasteiger partial charge >= 0.3 is 0 Å². The van der Waals surface area contributed by atoms with Crippen molar-refractivity contribution in [2.45, 2.75) is 18.9 Å². The molecule has 2 aliphatic rings. The Bertz CT molecular complexity index is 560. The highest BCUT2D eigenvalue weighted by molar-refractivity contribution is 6.31. The lowest BCUT2D eigenvalue weighted by molar-refractivity contribution is -0.131. The van der Waals surface area contributed by atoms with Crippen molar-refractivity contribution < 1.29 is 14.0 Å². The number of rotatable bonds is 2. The highest BCUT2D eigenvalue weighted by Crippen LogP contribution is 2.35. The van der Waals surface area contributed by atoms with Crippen LogP contribution in [-0.4, -0.2) is 24.4 Å². The zero-order valence-electron chi connectivity index (χ0n) is 10.0. The molecule has 1 saturated heterocycles. The number of nitrogens with zero attached hydrogens (tertiary/aromatic N) is 1. The SMILES string of the molecule is O=C1CN(c2ccc(F)c(Cl)c2)C(=O)C(C2CC2)N1. The summed E-state index contributed by atoms with van der Waals surface area (Å²) in [7, 11) is 0. The number of hydrogen-bond donors (Lipinski definition) is 1. The third-order valence-electron chi connectivity index (χ3n) is 3.46. The third kappa shape index (κ3) is 2.30. The Balaban J connectivity index is 1.91. The summed E-state index contributed by atoms with van der Waals surface area (Å²) in [6, 6.07) is 3.58. The van der Waals surface area contributed by atoms with Crippen molar-refractivity contribution in [3.8, 4) is 0 Å². The van der Waals surface area contributed by atoms with Gasteiger partial charge in [0.25, 0.3) is 0 Å². The molecule has 100 valence electrons. The minimum absolute atomic E-state index is 0.0516. The van der Waals surface area contributed by atoms with Gasteiger partial charge in [0, 0.05) is 5.69 Å². The first-order chi connectivity index (χ1) is 9.06. The first-order valence-corrected chi connectivity index (χ1v) is 6.50. The zero-order valence-corrected chi connectivity index (χ0v) is 10.8. The van der Waals surface area contributed by atoms with Gasteiger partial charge in [-0.1, -0.05) is 11.6 Å². The van der Waals surface area contributed by atoms with Crippen LogP contribution >= 0.6 is 11.6 Å². The Morgan fingerprint density at radius 3 is 2.68 bits per heavy atom. The van der Waals surface area contributed by atoms with Gasteiger partial charge in [0.2, 0.25) is 11.8 Å². The number of nitrogens with one attached hydrogen (secondary N) is 1. The van der Waals surface area contributed by atoms with Gasteiger partial charge < -0.3 is 10.2 Å². The molecule has 1 N–H and O–H groups in total. The highest BCUT2D eigenvalue weighted by atomic mass is 35.5. The van der Waals surface area contributed by atoms with Crippen LogP contribution in [0.5, 0.6) is 0 Å². The van der Waals surface area contributed by atoms with Crippen LogP contribution in [0, 0.1) is 11.7 Å². The minimum Gasteiger partial charge on any atom is -0.342 e. The van der Waals surface area contributed by atoms with Gasteiger partial charge in [-0.15, -0.1) is 0 Å². The summed E-state index contributed by atoms with van der Waals surface area (Å²) in [6.07, 6.45) is 1.91. The number of carbonyl (C=O) groups excluding carboxylic acids is 2. The van der Waals surface area contributed by atoms with Gasteiger partial charge in [-0.2, -0.15) is 0 Å². The monoisotopic (exact) mass is 282 g/mol. The number of benzene rings is 1. The molecule has 2 fully saturated rings. The molecule has 1 aromatic carbocycles. The number of anilines is 1. The summed E-state index contributed by atoms with van der Waals surface area (Å²) in [5.41, 5.74) is 0.455. The van der Waals surface area contributed by atoms with Gasteiger partial charge in [0.05, 0.1) is 5.02 Å². The molecular weight excluding hydrogens is 271 g/mol. The van der Waals surface area contributed by atoms with E-state index in [-0.39, 0.29) is 29.3 Å². The lowest BCUT2D eigenvalue weighted by Gasteiger charge is -2.32. The molecule has 0 spiro atoms. The van der Waals surface area contributed by atoms with E-state index in [1.165, 1.54) is 23.1 Å². The Kier molecular flexibility index (Phi) is 2.93. The van der Waals surface area contributed by atoms with Crippen LogP contribution in [0.25, 0.3) is 0 Å². The quantitative estimate of drug-likeness (QED) is 0.898. The third-order valence-corrected chi connectivity index (χ3v) is 3.75. The first-order valence-electron chi connectivity index (χ1n) is 6.12. The van der Waals surface area contributed by atoms with E-state index in [4.69, 9.17) is 11.6 Å². The van der Waals surface area contributed by atoms with E-state index in [0.717, 1.165) is 12.8 Å². The van der Waals surface area contributed by atoms with Crippen LogP contribution in [0.3, 0.4) is 0 Å². The summed E-state index contributed by atoms with van der Waals surface area (Å²) in [4.78, 5) is 25.4. The Hall–Kier alpha value is -1.62. The zero-order chi connectivity index (χ0) is 13.6. The van der Waals surface area contributed by atoms with Crippen molar-refractivity contribution in [1.82, 2.24) is 5.32 Å². The molecule has 2 amide bonds. The lowest BCUT2D eigenvalue weighted by atomic mass is 10.1. The van der Waals surface area contributed by atoms with Crippen molar-refractivity contribution in [1.29, 1.82) is 0 Å². The van der Waals surface area contributed by atoms with Crippen LogP contribution in [-0.2, 0) is 9.59 Å². The molecule has 0 radical (unpaired) electrons. The first kappa shape index (κ1) is 12.4. The maximum Gasteiger partial charge on any atom is 0.250 e. The molecular formula is C13H12ClFN2O2. The molecule has 1 aromatic rings.